The van der Waals surface area contributed by atoms with Crippen LogP contribution in [0.2, 0.25) is 0 Å². The van der Waals surface area contributed by atoms with E-state index in [4.69, 9.17) is 0 Å². The van der Waals surface area contributed by atoms with Gasteiger partial charge in [-0.3, -0.25) is 9.59 Å². The number of piperidine rings is 1. The minimum atomic E-state index is -0.224. The van der Waals surface area contributed by atoms with E-state index in [0.29, 0.717) is 19.5 Å². The molecule has 1 atom stereocenters. The molecule has 0 radical (unpaired) electrons. The van der Waals surface area contributed by atoms with E-state index in [1.807, 2.05) is 46.7 Å². The molecule has 1 aromatic carbocycles. The van der Waals surface area contributed by atoms with Crippen molar-refractivity contribution in [2.75, 3.05) is 18.5 Å². The maximum atomic E-state index is 13.0. The average molecular weight is 328 g/mol. The topological polar surface area (TPSA) is 40.6 Å². The SMILES string of the molecule is CN1CCC(C(=O)N(Cc2ccsc2)c2ccccc2)CC1=O. The number of para-hydroxylation sites is 1. The Balaban J connectivity index is 1.82. The molecule has 3 rings (SSSR count). The molecule has 1 aliphatic heterocycles. The predicted molar refractivity (Wildman–Crippen MR) is 92.3 cm³/mol. The van der Waals surface area contributed by atoms with Crippen molar-refractivity contribution in [1.82, 2.24) is 4.90 Å². The van der Waals surface area contributed by atoms with Gasteiger partial charge in [-0.25, -0.2) is 0 Å². The average Bonchev–Trinajstić information content (AvgIpc) is 3.08. The molecule has 1 aromatic heterocycles. The molecule has 0 saturated carbocycles. The van der Waals surface area contributed by atoms with Crippen LogP contribution in [0.1, 0.15) is 18.4 Å². The van der Waals surface area contributed by atoms with Crippen molar-refractivity contribution in [2.45, 2.75) is 19.4 Å². The van der Waals surface area contributed by atoms with Gasteiger partial charge in [-0.15, -0.1) is 0 Å². The van der Waals surface area contributed by atoms with Gasteiger partial charge < -0.3 is 9.80 Å². The number of anilines is 1. The van der Waals surface area contributed by atoms with Crippen LogP contribution in [0.25, 0.3) is 0 Å². The highest BCUT2D eigenvalue weighted by Crippen LogP contribution is 2.25. The molecule has 0 aliphatic carbocycles. The minimum Gasteiger partial charge on any atom is -0.346 e. The summed E-state index contributed by atoms with van der Waals surface area (Å²) in [7, 11) is 1.79. The number of nitrogens with zero attached hydrogens (tertiary/aromatic N) is 2. The molecule has 1 aliphatic rings. The number of thiophene rings is 1. The van der Waals surface area contributed by atoms with Gasteiger partial charge in [0.25, 0.3) is 0 Å². The summed E-state index contributed by atoms with van der Waals surface area (Å²) in [6, 6.07) is 11.7. The molecule has 1 saturated heterocycles. The summed E-state index contributed by atoms with van der Waals surface area (Å²) in [5, 5.41) is 4.07. The van der Waals surface area contributed by atoms with Gasteiger partial charge in [-0.05, 0) is 40.9 Å². The number of carbonyl (C=O) groups is 2. The van der Waals surface area contributed by atoms with Gasteiger partial charge >= 0.3 is 0 Å². The lowest BCUT2D eigenvalue weighted by molar-refractivity contribution is -0.138. The quantitative estimate of drug-likeness (QED) is 0.865. The smallest absolute Gasteiger partial charge is 0.230 e. The second kappa shape index (κ2) is 6.96. The van der Waals surface area contributed by atoms with Gasteiger partial charge in [0.05, 0.1) is 6.54 Å². The van der Waals surface area contributed by atoms with E-state index in [1.165, 1.54) is 0 Å². The zero-order valence-corrected chi connectivity index (χ0v) is 14.0. The summed E-state index contributed by atoms with van der Waals surface area (Å²) in [6.07, 6.45) is 1.04. The van der Waals surface area contributed by atoms with Crippen molar-refractivity contribution >= 4 is 28.8 Å². The highest BCUT2D eigenvalue weighted by Gasteiger charge is 2.32. The summed E-state index contributed by atoms with van der Waals surface area (Å²) in [4.78, 5) is 28.5. The first-order valence-electron chi connectivity index (χ1n) is 7.76. The lowest BCUT2D eigenvalue weighted by Crippen LogP contribution is -2.43. The zero-order chi connectivity index (χ0) is 16.2. The zero-order valence-electron chi connectivity index (χ0n) is 13.1. The number of benzene rings is 1. The van der Waals surface area contributed by atoms with Crippen molar-refractivity contribution in [2.24, 2.45) is 5.92 Å². The number of carbonyl (C=O) groups excluding carboxylic acids is 2. The Morgan fingerprint density at radius 2 is 2.09 bits per heavy atom. The number of hydrogen-bond acceptors (Lipinski definition) is 3. The number of hydrogen-bond donors (Lipinski definition) is 0. The fourth-order valence-corrected chi connectivity index (χ4v) is 3.50. The molecule has 1 unspecified atom stereocenters. The Labute approximate surface area is 140 Å². The van der Waals surface area contributed by atoms with Gasteiger partial charge in [0, 0.05) is 31.6 Å². The fourth-order valence-electron chi connectivity index (χ4n) is 2.84. The molecule has 5 heteroatoms. The summed E-state index contributed by atoms with van der Waals surface area (Å²) in [6.45, 7) is 1.20. The lowest BCUT2D eigenvalue weighted by atomic mass is 9.94. The molecule has 4 nitrogen and oxygen atoms in total. The Hall–Kier alpha value is -2.14. The normalized spacial score (nSPS) is 18.0. The van der Waals surface area contributed by atoms with Gasteiger partial charge in [-0.2, -0.15) is 11.3 Å². The first-order chi connectivity index (χ1) is 11.1. The predicted octanol–water partition coefficient (Wildman–Crippen LogP) is 3.15. The van der Waals surface area contributed by atoms with Crippen LogP contribution >= 0.6 is 11.3 Å². The van der Waals surface area contributed by atoms with Crippen molar-refractivity contribution in [3.8, 4) is 0 Å². The van der Waals surface area contributed by atoms with Gasteiger partial charge in [0.15, 0.2) is 0 Å². The summed E-state index contributed by atoms with van der Waals surface area (Å²) in [5.74, 6) is -0.125. The van der Waals surface area contributed by atoms with E-state index in [0.717, 1.165) is 17.7 Å². The minimum absolute atomic E-state index is 0.0452. The third-order valence-corrected chi connectivity index (χ3v) is 5.00. The van der Waals surface area contributed by atoms with Gasteiger partial charge in [0.2, 0.25) is 11.8 Å². The Kier molecular flexibility index (Phi) is 4.76. The maximum absolute atomic E-state index is 13.0. The third-order valence-electron chi connectivity index (χ3n) is 4.26. The Morgan fingerprint density at radius 3 is 2.74 bits per heavy atom. The molecule has 0 bridgehead atoms. The van der Waals surface area contributed by atoms with Crippen LogP contribution in [-0.4, -0.2) is 30.3 Å². The summed E-state index contributed by atoms with van der Waals surface area (Å²) in [5.41, 5.74) is 2.00. The molecule has 2 amide bonds. The Morgan fingerprint density at radius 1 is 1.30 bits per heavy atom. The van der Waals surface area contributed by atoms with Crippen molar-refractivity contribution in [3.05, 3.63) is 52.7 Å². The van der Waals surface area contributed by atoms with Crippen LogP contribution in [0.15, 0.2) is 47.2 Å². The molecule has 120 valence electrons. The third kappa shape index (κ3) is 3.62. The largest absolute Gasteiger partial charge is 0.346 e. The number of rotatable bonds is 4. The van der Waals surface area contributed by atoms with Crippen molar-refractivity contribution in [3.63, 3.8) is 0 Å². The van der Waals surface area contributed by atoms with Crippen LogP contribution in [0, 0.1) is 5.92 Å². The second-order valence-corrected chi connectivity index (χ2v) is 6.68. The molecular formula is C18H20N2O2S. The Bertz CT molecular complexity index is 670. The van der Waals surface area contributed by atoms with Crippen LogP contribution in [0.5, 0.6) is 0 Å². The van der Waals surface area contributed by atoms with Crippen LogP contribution < -0.4 is 4.90 Å². The highest BCUT2D eigenvalue weighted by atomic mass is 32.1. The summed E-state index contributed by atoms with van der Waals surface area (Å²) < 4.78 is 0. The molecule has 23 heavy (non-hydrogen) atoms. The van der Waals surface area contributed by atoms with Crippen LogP contribution in [0.4, 0.5) is 5.69 Å². The van der Waals surface area contributed by atoms with Crippen LogP contribution in [-0.2, 0) is 16.1 Å². The fraction of sp³-hybridized carbons (Fsp3) is 0.333. The molecular weight excluding hydrogens is 308 g/mol. The van der Waals surface area contributed by atoms with E-state index in [-0.39, 0.29) is 17.7 Å². The second-order valence-electron chi connectivity index (χ2n) is 5.90. The summed E-state index contributed by atoms with van der Waals surface area (Å²) >= 11 is 1.63. The first kappa shape index (κ1) is 15.7. The van der Waals surface area contributed by atoms with Crippen LogP contribution in [0.3, 0.4) is 0 Å². The first-order valence-corrected chi connectivity index (χ1v) is 8.71. The van der Waals surface area contributed by atoms with E-state index in [1.54, 1.807) is 23.3 Å². The monoisotopic (exact) mass is 328 g/mol. The number of amides is 2. The lowest BCUT2D eigenvalue weighted by Gasteiger charge is -2.32. The van der Waals surface area contributed by atoms with Crippen molar-refractivity contribution < 1.29 is 9.59 Å². The van der Waals surface area contributed by atoms with Crippen molar-refractivity contribution in [1.29, 1.82) is 0 Å². The highest BCUT2D eigenvalue weighted by molar-refractivity contribution is 7.07. The molecule has 1 fully saturated rings. The van der Waals surface area contributed by atoms with E-state index < -0.39 is 0 Å². The standard InChI is InChI=1S/C18H20N2O2S/c1-19-9-7-15(11-17(19)21)18(22)20(12-14-8-10-23-13-14)16-5-3-2-4-6-16/h2-6,8,10,13,15H,7,9,11-12H2,1H3. The maximum Gasteiger partial charge on any atom is 0.230 e. The molecule has 0 spiro atoms. The number of likely N-dealkylation sites (tertiary alicyclic amines) is 1. The molecule has 0 N–H and O–H groups in total. The van der Waals surface area contributed by atoms with Gasteiger partial charge in [0.1, 0.15) is 0 Å². The molecule has 2 heterocycles. The van der Waals surface area contributed by atoms with Gasteiger partial charge in [-0.1, -0.05) is 18.2 Å². The van der Waals surface area contributed by atoms with E-state index >= 15 is 0 Å². The molecule has 2 aromatic rings. The van der Waals surface area contributed by atoms with E-state index in [9.17, 15) is 9.59 Å². The van der Waals surface area contributed by atoms with E-state index in [2.05, 4.69) is 5.38 Å².